The molecule has 1 nitrogen and oxygen atoms in total. The summed E-state index contributed by atoms with van der Waals surface area (Å²) >= 11 is 0. The van der Waals surface area contributed by atoms with Crippen LogP contribution in [0.5, 0.6) is 0 Å². The first-order chi connectivity index (χ1) is 16.3. The molecular weight excluding hydrogens is 398 g/mol. The normalized spacial score (nSPS) is 15.1. The number of nitrogens with zero attached hydrogens (tertiary/aromatic N) is 1. The van der Waals surface area contributed by atoms with Crippen LogP contribution in [0.4, 0.5) is 5.69 Å². The average molecular weight is 436 g/mol. The highest BCUT2D eigenvalue weighted by Crippen LogP contribution is 2.44. The summed E-state index contributed by atoms with van der Waals surface area (Å²) in [5.74, 6) is 0. The maximum Gasteiger partial charge on any atom is 0.0394 e. The van der Waals surface area contributed by atoms with E-state index < -0.39 is 0 Å². The molecule has 0 spiro atoms. The Morgan fingerprint density at radius 1 is 0.727 bits per heavy atom. The molecule has 1 heteroatoms. The fraction of sp³-hybridized carbons (Fsp3) is 0.312. The van der Waals surface area contributed by atoms with E-state index in [0.717, 1.165) is 25.8 Å². The molecule has 0 N–H and O–H groups in total. The van der Waals surface area contributed by atoms with Crippen molar-refractivity contribution in [1.82, 2.24) is 0 Å². The molecule has 0 unspecified atom stereocenters. The topological polar surface area (TPSA) is 3.24 Å². The van der Waals surface area contributed by atoms with Gasteiger partial charge in [-0.3, -0.25) is 0 Å². The van der Waals surface area contributed by atoms with Gasteiger partial charge in [0.05, 0.1) is 0 Å². The zero-order valence-electron chi connectivity index (χ0n) is 20.3. The number of benzene rings is 3. The molecule has 1 aliphatic rings. The molecule has 3 aromatic carbocycles. The first-order valence-electron chi connectivity index (χ1n) is 12.6. The number of unbranched alkanes of at least 4 members (excludes halogenated alkanes) is 3. The molecule has 3 aromatic rings. The van der Waals surface area contributed by atoms with E-state index in [-0.39, 0.29) is 0 Å². The maximum absolute atomic E-state index is 2.39. The van der Waals surface area contributed by atoms with Crippen LogP contribution in [0.25, 0.3) is 11.1 Å². The Balaban J connectivity index is 1.76. The van der Waals surface area contributed by atoms with Gasteiger partial charge in [-0.15, -0.1) is 0 Å². The van der Waals surface area contributed by atoms with Crippen LogP contribution >= 0.6 is 0 Å². The Morgan fingerprint density at radius 3 is 2.03 bits per heavy atom. The minimum atomic E-state index is 0.968. The first kappa shape index (κ1) is 23.1. The predicted molar refractivity (Wildman–Crippen MR) is 144 cm³/mol. The van der Waals surface area contributed by atoms with Crippen LogP contribution in [0, 0.1) is 0 Å². The minimum absolute atomic E-state index is 0.968. The monoisotopic (exact) mass is 435 g/mol. The van der Waals surface area contributed by atoms with Crippen LogP contribution in [-0.4, -0.2) is 13.6 Å². The summed E-state index contributed by atoms with van der Waals surface area (Å²) in [4.78, 5) is 2.39. The molecule has 0 aliphatic heterocycles. The van der Waals surface area contributed by atoms with Crippen molar-refractivity contribution in [1.29, 1.82) is 0 Å². The Hall–Kier alpha value is -3.06. The highest BCUT2D eigenvalue weighted by atomic mass is 15.1. The number of anilines is 1. The van der Waals surface area contributed by atoms with E-state index in [1.165, 1.54) is 48.1 Å². The van der Waals surface area contributed by atoms with E-state index in [2.05, 4.69) is 110 Å². The SMILES string of the molecule is CCCCCC/C(=C1/CCC(CN(C)c2ccccc2)=C1c1ccccc1)c1ccccc1. The number of hydrogen-bond donors (Lipinski definition) is 0. The molecule has 0 bridgehead atoms. The number of hydrogen-bond acceptors (Lipinski definition) is 1. The van der Waals surface area contributed by atoms with Gasteiger partial charge < -0.3 is 4.90 Å². The molecule has 0 heterocycles. The van der Waals surface area contributed by atoms with E-state index in [1.54, 1.807) is 16.7 Å². The Kier molecular flexibility index (Phi) is 8.19. The van der Waals surface area contributed by atoms with Gasteiger partial charge in [0, 0.05) is 19.3 Å². The lowest BCUT2D eigenvalue weighted by Crippen LogP contribution is -2.20. The van der Waals surface area contributed by atoms with Crippen molar-refractivity contribution < 1.29 is 0 Å². The zero-order valence-corrected chi connectivity index (χ0v) is 20.3. The van der Waals surface area contributed by atoms with Crippen molar-refractivity contribution in [3.8, 4) is 0 Å². The fourth-order valence-electron chi connectivity index (χ4n) is 5.08. The van der Waals surface area contributed by atoms with E-state index in [9.17, 15) is 0 Å². The summed E-state index contributed by atoms with van der Waals surface area (Å²) in [6, 6.07) is 32.9. The third-order valence-corrected chi connectivity index (χ3v) is 6.79. The second-order valence-corrected chi connectivity index (χ2v) is 9.17. The van der Waals surface area contributed by atoms with E-state index in [1.807, 2.05) is 0 Å². The maximum atomic E-state index is 2.39. The lowest BCUT2D eigenvalue weighted by Gasteiger charge is -2.22. The van der Waals surface area contributed by atoms with Gasteiger partial charge in [-0.1, -0.05) is 105 Å². The highest BCUT2D eigenvalue weighted by Gasteiger charge is 2.25. The summed E-state index contributed by atoms with van der Waals surface area (Å²) in [5.41, 5.74) is 10.2. The van der Waals surface area contributed by atoms with Gasteiger partial charge in [0.1, 0.15) is 0 Å². The Labute approximate surface area is 200 Å². The summed E-state index contributed by atoms with van der Waals surface area (Å²) in [7, 11) is 2.22. The summed E-state index contributed by atoms with van der Waals surface area (Å²) < 4.78 is 0. The van der Waals surface area contributed by atoms with Gasteiger partial charge in [0.15, 0.2) is 0 Å². The smallest absolute Gasteiger partial charge is 0.0394 e. The quantitative estimate of drug-likeness (QED) is 0.288. The second-order valence-electron chi connectivity index (χ2n) is 9.17. The predicted octanol–water partition coefficient (Wildman–Crippen LogP) is 8.79. The molecule has 0 radical (unpaired) electrons. The van der Waals surface area contributed by atoms with Gasteiger partial charge in [0.2, 0.25) is 0 Å². The van der Waals surface area contributed by atoms with Gasteiger partial charge in [-0.05, 0) is 71.2 Å². The number of likely N-dealkylation sites (N-methyl/N-ethyl adjacent to an activating group) is 1. The van der Waals surface area contributed by atoms with Crippen LogP contribution in [0.3, 0.4) is 0 Å². The summed E-state index contributed by atoms with van der Waals surface area (Å²) in [6.07, 6.45) is 8.63. The molecule has 0 fully saturated rings. The van der Waals surface area contributed by atoms with Crippen molar-refractivity contribution in [2.45, 2.75) is 51.9 Å². The lowest BCUT2D eigenvalue weighted by molar-refractivity contribution is 0.678. The van der Waals surface area contributed by atoms with Gasteiger partial charge in [0.25, 0.3) is 0 Å². The molecule has 33 heavy (non-hydrogen) atoms. The largest absolute Gasteiger partial charge is 0.371 e. The second kappa shape index (κ2) is 11.7. The first-order valence-corrected chi connectivity index (χ1v) is 12.6. The van der Waals surface area contributed by atoms with E-state index >= 15 is 0 Å². The third-order valence-electron chi connectivity index (χ3n) is 6.79. The van der Waals surface area contributed by atoms with Crippen molar-refractivity contribution in [2.24, 2.45) is 0 Å². The van der Waals surface area contributed by atoms with E-state index in [4.69, 9.17) is 0 Å². The van der Waals surface area contributed by atoms with Crippen molar-refractivity contribution in [3.63, 3.8) is 0 Å². The van der Waals surface area contributed by atoms with E-state index in [0.29, 0.717) is 0 Å². The molecule has 4 rings (SSSR count). The van der Waals surface area contributed by atoms with Gasteiger partial charge in [-0.25, -0.2) is 0 Å². The number of allylic oxidation sites excluding steroid dienone is 3. The van der Waals surface area contributed by atoms with Crippen LogP contribution < -0.4 is 4.90 Å². The zero-order chi connectivity index (χ0) is 22.9. The molecule has 0 saturated carbocycles. The molecular formula is C32H37N. The Bertz CT molecular complexity index is 1060. The van der Waals surface area contributed by atoms with Crippen LogP contribution in [-0.2, 0) is 0 Å². The lowest BCUT2D eigenvalue weighted by atomic mass is 9.88. The number of para-hydroxylation sites is 1. The third kappa shape index (κ3) is 5.85. The fourth-order valence-corrected chi connectivity index (χ4v) is 5.08. The van der Waals surface area contributed by atoms with Crippen molar-refractivity contribution in [3.05, 3.63) is 113 Å². The molecule has 0 amide bonds. The van der Waals surface area contributed by atoms with Gasteiger partial charge >= 0.3 is 0 Å². The standard InChI is InChI=1S/C32H37N/c1-3-4-5-15-22-30(26-16-9-6-10-17-26)31-24-23-28(32(31)27-18-11-7-12-19-27)25-33(2)29-20-13-8-14-21-29/h6-14,16-21H,3-5,15,22-25H2,1-2H3/b31-30+. The van der Waals surface area contributed by atoms with Gasteiger partial charge in [-0.2, -0.15) is 0 Å². The van der Waals surface area contributed by atoms with Crippen molar-refractivity contribution in [2.75, 3.05) is 18.5 Å². The summed E-state index contributed by atoms with van der Waals surface area (Å²) in [5, 5.41) is 0. The summed E-state index contributed by atoms with van der Waals surface area (Å²) in [6.45, 7) is 3.26. The van der Waals surface area contributed by atoms with Crippen LogP contribution in [0.15, 0.2) is 102 Å². The van der Waals surface area contributed by atoms with Crippen LogP contribution in [0.1, 0.15) is 63.0 Å². The Morgan fingerprint density at radius 2 is 1.36 bits per heavy atom. The molecule has 0 atom stereocenters. The molecule has 1 aliphatic carbocycles. The highest BCUT2D eigenvalue weighted by molar-refractivity contribution is 5.93. The van der Waals surface area contributed by atoms with Crippen molar-refractivity contribution >= 4 is 16.8 Å². The number of rotatable bonds is 10. The molecule has 0 aromatic heterocycles. The minimum Gasteiger partial charge on any atom is -0.371 e. The average Bonchev–Trinajstić information content (AvgIpc) is 3.28. The van der Waals surface area contributed by atoms with Crippen LogP contribution in [0.2, 0.25) is 0 Å². The molecule has 0 saturated heterocycles. The molecule has 170 valence electrons.